The third-order valence-electron chi connectivity index (χ3n) is 2.03. The number of nitrogens with zero attached hydrogens (tertiary/aromatic N) is 2. The molecule has 6 heteroatoms. The molecular weight excluding hydrogens is 354 g/mol. The minimum absolute atomic E-state index is 0.533. The fourth-order valence-corrected chi connectivity index (χ4v) is 3.37. The fourth-order valence-electron chi connectivity index (χ4n) is 1.37. The van der Waals surface area contributed by atoms with E-state index in [0.29, 0.717) is 5.13 Å². The molecule has 0 unspecified atom stereocenters. The van der Waals surface area contributed by atoms with Crippen LogP contribution in [0.2, 0.25) is 0 Å². The molecule has 0 amide bonds. The highest BCUT2D eigenvalue weighted by Crippen LogP contribution is 2.21. The van der Waals surface area contributed by atoms with Crippen molar-refractivity contribution in [1.29, 1.82) is 0 Å². The molecule has 84 valence electrons. The van der Waals surface area contributed by atoms with Gasteiger partial charge in [-0.15, -0.1) is 10.2 Å². The second-order valence-corrected chi connectivity index (χ2v) is 6.24. The van der Waals surface area contributed by atoms with Crippen LogP contribution < -0.4 is 5.73 Å². The highest BCUT2D eigenvalue weighted by atomic mass is 79.9. The largest absolute Gasteiger partial charge is 0.374 e. The maximum absolute atomic E-state index is 5.53. The van der Waals surface area contributed by atoms with E-state index in [4.69, 9.17) is 5.73 Å². The number of nitrogen functional groups attached to an aromatic ring is 1. The van der Waals surface area contributed by atoms with Crippen LogP contribution in [-0.4, -0.2) is 10.2 Å². The van der Waals surface area contributed by atoms with Gasteiger partial charge in [-0.25, -0.2) is 0 Å². The molecule has 16 heavy (non-hydrogen) atoms. The molecule has 1 heterocycles. The molecule has 0 bridgehead atoms. The van der Waals surface area contributed by atoms with E-state index in [9.17, 15) is 0 Å². The molecule has 0 aliphatic rings. The monoisotopic (exact) mass is 361 g/mol. The summed E-state index contributed by atoms with van der Waals surface area (Å²) >= 11 is 8.38. The van der Waals surface area contributed by atoms with E-state index in [0.717, 1.165) is 26.8 Å². The number of aromatic nitrogens is 2. The van der Waals surface area contributed by atoms with E-state index in [2.05, 4.69) is 54.2 Å². The Morgan fingerprint density at radius 3 is 2.31 bits per heavy atom. The zero-order valence-corrected chi connectivity index (χ0v) is 12.3. The lowest BCUT2D eigenvalue weighted by atomic mass is 10.1. The summed E-state index contributed by atoms with van der Waals surface area (Å²) in [6.07, 6.45) is 1.81. The van der Waals surface area contributed by atoms with Crippen molar-refractivity contribution in [1.82, 2.24) is 10.2 Å². The van der Waals surface area contributed by atoms with E-state index in [1.165, 1.54) is 16.9 Å². The van der Waals surface area contributed by atoms with Gasteiger partial charge < -0.3 is 5.73 Å². The van der Waals surface area contributed by atoms with Crippen LogP contribution in [0.4, 0.5) is 5.13 Å². The predicted molar refractivity (Wildman–Crippen MR) is 73.6 cm³/mol. The zero-order valence-electron chi connectivity index (χ0n) is 8.28. The topological polar surface area (TPSA) is 51.8 Å². The van der Waals surface area contributed by atoms with E-state index in [-0.39, 0.29) is 0 Å². The third-order valence-corrected chi connectivity index (χ3v) is 3.76. The number of nitrogens with two attached hydrogens (primary N) is 1. The molecule has 0 radical (unpaired) electrons. The van der Waals surface area contributed by atoms with Gasteiger partial charge in [0.05, 0.1) is 0 Å². The van der Waals surface area contributed by atoms with Gasteiger partial charge in [-0.05, 0) is 30.2 Å². The first-order valence-corrected chi connectivity index (χ1v) is 7.06. The van der Waals surface area contributed by atoms with Crippen LogP contribution in [0.5, 0.6) is 0 Å². The minimum Gasteiger partial charge on any atom is -0.374 e. The quantitative estimate of drug-likeness (QED) is 0.909. The van der Waals surface area contributed by atoms with Gasteiger partial charge in [0.25, 0.3) is 0 Å². The second kappa shape index (κ2) is 5.25. The van der Waals surface area contributed by atoms with Crippen molar-refractivity contribution in [3.8, 4) is 0 Å². The molecule has 1 aromatic heterocycles. The Bertz CT molecular complexity index is 478. The van der Waals surface area contributed by atoms with Gasteiger partial charge in [-0.3, -0.25) is 0 Å². The number of benzene rings is 1. The molecule has 2 aromatic rings. The first-order chi connectivity index (χ1) is 7.63. The Hall–Kier alpha value is -0.460. The van der Waals surface area contributed by atoms with Crippen LogP contribution >= 0.6 is 43.2 Å². The van der Waals surface area contributed by atoms with E-state index < -0.39 is 0 Å². The summed E-state index contributed by atoms with van der Waals surface area (Å²) in [5.74, 6) is 0. The average molecular weight is 363 g/mol. The standard InChI is InChI=1S/C10H9Br2N3S/c11-7-3-6(4-8(12)5-7)1-2-9-14-15-10(13)16-9/h3-5H,1-2H2,(H2,13,15). The summed E-state index contributed by atoms with van der Waals surface area (Å²) in [4.78, 5) is 0. The molecular formula is C10H9Br2N3S. The van der Waals surface area contributed by atoms with Gasteiger partial charge in [-0.1, -0.05) is 43.2 Å². The smallest absolute Gasteiger partial charge is 0.203 e. The van der Waals surface area contributed by atoms with E-state index in [1.54, 1.807) is 0 Å². The number of hydrogen-bond acceptors (Lipinski definition) is 4. The van der Waals surface area contributed by atoms with Crippen molar-refractivity contribution >= 4 is 48.3 Å². The van der Waals surface area contributed by atoms with Crippen molar-refractivity contribution in [2.45, 2.75) is 12.8 Å². The van der Waals surface area contributed by atoms with Gasteiger partial charge in [0.1, 0.15) is 5.01 Å². The molecule has 2 rings (SSSR count). The normalized spacial score (nSPS) is 10.6. The zero-order chi connectivity index (χ0) is 11.5. The Morgan fingerprint density at radius 1 is 1.06 bits per heavy atom. The van der Waals surface area contributed by atoms with Crippen LogP contribution in [0, 0.1) is 0 Å². The summed E-state index contributed by atoms with van der Waals surface area (Å²) in [5.41, 5.74) is 6.78. The Kier molecular flexibility index (Phi) is 3.94. The number of aryl methyl sites for hydroxylation is 2. The van der Waals surface area contributed by atoms with Crippen molar-refractivity contribution in [3.05, 3.63) is 37.7 Å². The fraction of sp³-hybridized carbons (Fsp3) is 0.200. The lowest BCUT2D eigenvalue weighted by molar-refractivity contribution is 0.904. The van der Waals surface area contributed by atoms with Crippen LogP contribution in [0.25, 0.3) is 0 Å². The molecule has 3 nitrogen and oxygen atoms in total. The molecule has 1 aromatic carbocycles. The summed E-state index contributed by atoms with van der Waals surface area (Å²) in [6, 6.07) is 6.23. The maximum atomic E-state index is 5.53. The van der Waals surface area contributed by atoms with Gasteiger partial charge >= 0.3 is 0 Å². The lowest BCUT2D eigenvalue weighted by Crippen LogP contribution is -1.91. The Labute approximate surface area is 114 Å². The molecule has 0 aliphatic carbocycles. The summed E-state index contributed by atoms with van der Waals surface area (Å²) in [6.45, 7) is 0. The molecule has 0 spiro atoms. The lowest BCUT2D eigenvalue weighted by Gasteiger charge is -2.01. The molecule has 0 saturated heterocycles. The first kappa shape index (κ1) is 12.0. The number of anilines is 1. The first-order valence-electron chi connectivity index (χ1n) is 4.66. The summed E-state index contributed by atoms with van der Waals surface area (Å²) < 4.78 is 2.15. The highest BCUT2D eigenvalue weighted by molar-refractivity contribution is 9.11. The van der Waals surface area contributed by atoms with Crippen molar-refractivity contribution in [3.63, 3.8) is 0 Å². The Balaban J connectivity index is 2.04. The number of halogens is 2. The van der Waals surface area contributed by atoms with Crippen LogP contribution in [0.1, 0.15) is 10.6 Å². The van der Waals surface area contributed by atoms with Crippen LogP contribution in [0.3, 0.4) is 0 Å². The van der Waals surface area contributed by atoms with E-state index in [1.807, 2.05) is 6.07 Å². The summed E-state index contributed by atoms with van der Waals surface area (Å²) in [7, 11) is 0. The van der Waals surface area contributed by atoms with E-state index >= 15 is 0 Å². The SMILES string of the molecule is Nc1nnc(CCc2cc(Br)cc(Br)c2)s1. The maximum Gasteiger partial charge on any atom is 0.203 e. The molecule has 0 atom stereocenters. The van der Waals surface area contributed by atoms with Gasteiger partial charge in [0.15, 0.2) is 0 Å². The van der Waals surface area contributed by atoms with Crippen molar-refractivity contribution in [2.75, 3.05) is 5.73 Å². The van der Waals surface area contributed by atoms with Crippen molar-refractivity contribution in [2.24, 2.45) is 0 Å². The predicted octanol–water partition coefficient (Wildman–Crippen LogP) is 3.43. The molecule has 0 aliphatic heterocycles. The average Bonchev–Trinajstić information content (AvgIpc) is 2.60. The molecule has 2 N–H and O–H groups in total. The minimum atomic E-state index is 0.533. The second-order valence-electron chi connectivity index (χ2n) is 3.31. The highest BCUT2D eigenvalue weighted by Gasteiger charge is 2.03. The number of rotatable bonds is 3. The molecule has 0 fully saturated rings. The summed E-state index contributed by atoms with van der Waals surface area (Å²) in [5, 5.41) is 9.30. The number of hydrogen-bond donors (Lipinski definition) is 1. The van der Waals surface area contributed by atoms with Crippen molar-refractivity contribution < 1.29 is 0 Å². The third kappa shape index (κ3) is 3.26. The van der Waals surface area contributed by atoms with Gasteiger partial charge in [0, 0.05) is 15.4 Å². The van der Waals surface area contributed by atoms with Gasteiger partial charge in [0.2, 0.25) is 5.13 Å². The van der Waals surface area contributed by atoms with Gasteiger partial charge in [-0.2, -0.15) is 0 Å². The van der Waals surface area contributed by atoms with Crippen LogP contribution in [0.15, 0.2) is 27.1 Å². The molecule has 0 saturated carbocycles. The Morgan fingerprint density at radius 2 is 1.75 bits per heavy atom. The van der Waals surface area contributed by atoms with Crippen LogP contribution in [-0.2, 0) is 12.8 Å².